The molecule has 0 fully saturated rings. The Hall–Kier alpha value is -3.22. The first-order chi connectivity index (χ1) is 20.9. The lowest BCUT2D eigenvalue weighted by Gasteiger charge is -2.30. The van der Waals surface area contributed by atoms with Crippen LogP contribution < -0.4 is 10.8 Å². The molecule has 2 N–H and O–H groups in total. The molecule has 1 unspecified atom stereocenters. The first-order valence-corrected chi connectivity index (χ1v) is 15.0. The van der Waals surface area contributed by atoms with Gasteiger partial charge in [-0.15, -0.1) is 0 Å². The summed E-state index contributed by atoms with van der Waals surface area (Å²) in [7, 11) is -1.08. The van der Waals surface area contributed by atoms with E-state index in [1.807, 2.05) is 45.9 Å². The van der Waals surface area contributed by atoms with Crippen molar-refractivity contribution >= 4 is 64.5 Å². The second kappa shape index (κ2) is 10.7. The normalized spacial score (nSPS) is 19.4. The van der Waals surface area contributed by atoms with E-state index in [0.717, 1.165) is 23.3 Å². The first kappa shape index (κ1) is 31.8. The molecule has 4 aromatic rings. The average Bonchev–Trinajstić information content (AvgIpc) is 3.67. The molecule has 0 saturated heterocycles. The highest BCUT2D eigenvalue weighted by Crippen LogP contribution is 2.51. The fourth-order valence-electron chi connectivity index (χ4n) is 5.93. The summed E-state index contributed by atoms with van der Waals surface area (Å²) in [5, 5.41) is 17.0. The van der Waals surface area contributed by atoms with Crippen molar-refractivity contribution in [3.8, 4) is 0 Å². The molecule has 14 heteroatoms. The van der Waals surface area contributed by atoms with Crippen LogP contribution in [0.25, 0.3) is 5.52 Å². The number of oxime groups is 1. The molecule has 0 spiro atoms. The fourth-order valence-corrected chi connectivity index (χ4v) is 6.53. The number of benzene rings is 2. The van der Waals surface area contributed by atoms with E-state index >= 15 is 0 Å². The number of carbonyl (C=O) groups excluding carboxylic acids is 1. The van der Waals surface area contributed by atoms with Crippen molar-refractivity contribution in [1.29, 1.82) is 0 Å². The largest absolute Gasteiger partial charge is 0.492 e. The predicted molar refractivity (Wildman–Crippen MR) is 167 cm³/mol. The number of nitrogens with zero attached hydrogens (tertiary/aromatic N) is 2. The number of pyridine rings is 1. The molecule has 2 aliphatic heterocycles. The van der Waals surface area contributed by atoms with Crippen LogP contribution in [0.1, 0.15) is 66.9 Å². The lowest BCUT2D eigenvalue weighted by atomic mass is 9.75. The van der Waals surface area contributed by atoms with Crippen LogP contribution in [0.3, 0.4) is 0 Å². The summed E-state index contributed by atoms with van der Waals surface area (Å²) in [5.74, 6) is -0.426. The lowest BCUT2D eigenvalue weighted by molar-refractivity contribution is -0.275. The van der Waals surface area contributed by atoms with E-state index in [2.05, 4.69) is 10.5 Å². The summed E-state index contributed by atoms with van der Waals surface area (Å²) in [6.07, 6.45) is -3.93. The molecule has 0 bridgehead atoms. The number of fused-ring (bicyclic) bond motifs is 2. The second-order valence-corrected chi connectivity index (χ2v) is 13.3. The van der Waals surface area contributed by atoms with Crippen molar-refractivity contribution in [2.75, 3.05) is 0 Å². The third kappa shape index (κ3) is 5.18. The van der Waals surface area contributed by atoms with Crippen LogP contribution in [0.4, 0.5) is 13.2 Å². The van der Waals surface area contributed by atoms with Gasteiger partial charge in [-0.05, 0) is 80.7 Å². The number of amides is 1. The Balaban J connectivity index is 1.30. The summed E-state index contributed by atoms with van der Waals surface area (Å²) in [6.45, 7) is 7.40. The molecule has 6 rings (SSSR count). The number of alkyl halides is 3. The van der Waals surface area contributed by atoms with Gasteiger partial charge in [-0.3, -0.25) is 4.79 Å². The zero-order chi connectivity index (χ0) is 32.7. The molecule has 4 heterocycles. The Kier molecular flexibility index (Phi) is 7.53. The minimum atomic E-state index is -4.89. The lowest BCUT2D eigenvalue weighted by Crippen LogP contribution is -2.43. The van der Waals surface area contributed by atoms with Gasteiger partial charge in [0.25, 0.3) is 11.5 Å². The summed E-state index contributed by atoms with van der Waals surface area (Å²) in [4.78, 5) is 18.8. The SMILES string of the molecule is CC(C)(NC(=O)c1ccc(C2=NOC(c3cc(Cl)c(Cl)c(Cl)c3)(C(F)(F)F)C2)c2cccn12)c1ccc2c(c1)B(O)OC2(C)C. The number of carbonyl (C=O) groups is 1. The Morgan fingerprint density at radius 2 is 1.76 bits per heavy atom. The van der Waals surface area contributed by atoms with Gasteiger partial charge in [0.2, 0.25) is 0 Å². The van der Waals surface area contributed by atoms with Gasteiger partial charge in [0.1, 0.15) is 5.69 Å². The van der Waals surface area contributed by atoms with E-state index in [0.29, 0.717) is 16.5 Å². The summed E-state index contributed by atoms with van der Waals surface area (Å²) in [5.41, 5.74) is -1.40. The zero-order valence-corrected chi connectivity index (χ0v) is 26.7. The van der Waals surface area contributed by atoms with Crippen molar-refractivity contribution in [2.24, 2.45) is 5.16 Å². The van der Waals surface area contributed by atoms with Crippen molar-refractivity contribution in [1.82, 2.24) is 9.72 Å². The van der Waals surface area contributed by atoms with Crippen molar-refractivity contribution in [3.05, 3.63) is 104 Å². The number of nitrogens with one attached hydrogen (secondary N) is 1. The van der Waals surface area contributed by atoms with Crippen LogP contribution in [0.2, 0.25) is 15.1 Å². The molecule has 1 atom stereocenters. The van der Waals surface area contributed by atoms with Crippen LogP contribution in [0.15, 0.2) is 65.9 Å². The highest BCUT2D eigenvalue weighted by molar-refractivity contribution is 6.62. The molecule has 0 saturated carbocycles. The summed E-state index contributed by atoms with van der Waals surface area (Å²) >= 11 is 18.1. The van der Waals surface area contributed by atoms with Gasteiger partial charge in [-0.25, -0.2) is 0 Å². The third-order valence-corrected chi connectivity index (χ3v) is 9.59. The average molecular weight is 679 g/mol. The zero-order valence-electron chi connectivity index (χ0n) is 24.4. The molecular formula is C31H26BCl3F3N3O4. The van der Waals surface area contributed by atoms with Gasteiger partial charge in [0.15, 0.2) is 0 Å². The van der Waals surface area contributed by atoms with Gasteiger partial charge in [0.05, 0.1) is 43.9 Å². The summed E-state index contributed by atoms with van der Waals surface area (Å²) < 4.78 is 51.1. The number of hydrogen-bond acceptors (Lipinski definition) is 5. The molecular weight excluding hydrogens is 653 g/mol. The highest BCUT2D eigenvalue weighted by atomic mass is 35.5. The molecule has 45 heavy (non-hydrogen) atoms. The molecule has 2 aromatic heterocycles. The number of hydrogen-bond donors (Lipinski definition) is 2. The molecule has 2 aromatic carbocycles. The van der Waals surface area contributed by atoms with E-state index in [-0.39, 0.29) is 32.0 Å². The van der Waals surface area contributed by atoms with E-state index in [1.54, 1.807) is 28.8 Å². The van der Waals surface area contributed by atoms with Crippen molar-refractivity contribution in [3.63, 3.8) is 0 Å². The van der Waals surface area contributed by atoms with E-state index in [9.17, 15) is 23.0 Å². The fraction of sp³-hybridized carbons (Fsp3) is 0.290. The van der Waals surface area contributed by atoms with Crippen molar-refractivity contribution < 1.29 is 32.5 Å². The monoisotopic (exact) mass is 677 g/mol. The van der Waals surface area contributed by atoms with Crippen LogP contribution >= 0.6 is 34.8 Å². The Bertz CT molecular complexity index is 1890. The predicted octanol–water partition coefficient (Wildman–Crippen LogP) is 7.10. The molecule has 1 amide bonds. The van der Waals surface area contributed by atoms with Crippen LogP contribution in [-0.2, 0) is 26.2 Å². The molecule has 0 aliphatic carbocycles. The maximum atomic E-state index is 14.6. The summed E-state index contributed by atoms with van der Waals surface area (Å²) in [6, 6.07) is 14.1. The van der Waals surface area contributed by atoms with Crippen LogP contribution in [0.5, 0.6) is 0 Å². The molecule has 234 valence electrons. The van der Waals surface area contributed by atoms with Gasteiger partial charge in [-0.2, -0.15) is 13.2 Å². The second-order valence-electron chi connectivity index (χ2n) is 12.1. The Morgan fingerprint density at radius 1 is 1.07 bits per heavy atom. The number of rotatable bonds is 5. The smallest absolute Gasteiger partial charge is 0.423 e. The maximum Gasteiger partial charge on any atom is 0.492 e. The third-order valence-electron chi connectivity index (χ3n) is 8.39. The van der Waals surface area contributed by atoms with Crippen LogP contribution in [-0.4, -0.2) is 34.3 Å². The molecule has 0 radical (unpaired) electrons. The van der Waals surface area contributed by atoms with Crippen LogP contribution in [0, 0.1) is 0 Å². The molecule has 7 nitrogen and oxygen atoms in total. The van der Waals surface area contributed by atoms with Gasteiger partial charge >= 0.3 is 13.3 Å². The van der Waals surface area contributed by atoms with E-state index in [4.69, 9.17) is 44.3 Å². The van der Waals surface area contributed by atoms with Gasteiger partial charge < -0.3 is 24.2 Å². The van der Waals surface area contributed by atoms with Gasteiger partial charge in [0, 0.05) is 17.3 Å². The van der Waals surface area contributed by atoms with E-state index in [1.165, 1.54) is 6.07 Å². The maximum absolute atomic E-state index is 14.6. The number of halogens is 6. The number of aromatic nitrogens is 1. The minimum Gasteiger partial charge on any atom is -0.423 e. The Morgan fingerprint density at radius 3 is 2.42 bits per heavy atom. The topological polar surface area (TPSA) is 84.6 Å². The van der Waals surface area contributed by atoms with E-state index < -0.39 is 42.4 Å². The first-order valence-electron chi connectivity index (χ1n) is 13.9. The van der Waals surface area contributed by atoms with Gasteiger partial charge in [-0.1, -0.05) is 58.2 Å². The minimum absolute atomic E-state index is 0.0207. The Labute approximate surface area is 272 Å². The highest BCUT2D eigenvalue weighted by Gasteiger charge is 2.62. The standard InChI is InChI=1S/C31H26BCl3F3N3O4/c1-28(2,16-7-9-19-20(12-16)32(43)44-29(19,3)4)39-27(42)25-10-8-18(24-6-5-11-41(24)25)23-15-30(45-40-23,31(36,37)38)17-13-21(33)26(35)22(34)14-17/h5-14,43H,15H2,1-4H3,(H,39,42). The van der Waals surface area contributed by atoms with Crippen molar-refractivity contribution in [2.45, 2.75) is 57.0 Å². The molecule has 2 aliphatic rings. The quantitative estimate of drug-likeness (QED) is 0.174.